The van der Waals surface area contributed by atoms with Crippen LogP contribution in [-0.2, 0) is 11.3 Å². The van der Waals surface area contributed by atoms with Crippen LogP contribution in [0, 0.1) is 5.92 Å². The Hall–Kier alpha value is -1.56. The third kappa shape index (κ3) is 2.95. The number of aromatic nitrogens is 4. The normalized spacial score (nSPS) is 18.6. The standard InChI is InChI=1S/C14H15BrN4O/c15-12-6-4-11(5-7-12)14-16-18-19(17-14)9-8-10-2-1-3-13(10)20/h4-7,10H,1-3,8-9H2. The quantitative estimate of drug-likeness (QED) is 0.862. The van der Waals surface area contributed by atoms with Crippen molar-refractivity contribution in [1.29, 1.82) is 0 Å². The van der Waals surface area contributed by atoms with E-state index in [-0.39, 0.29) is 5.92 Å². The van der Waals surface area contributed by atoms with E-state index in [1.807, 2.05) is 24.3 Å². The van der Waals surface area contributed by atoms with Gasteiger partial charge in [0.15, 0.2) is 0 Å². The third-order valence-corrected chi connectivity index (χ3v) is 4.19. The van der Waals surface area contributed by atoms with Crippen LogP contribution in [0.4, 0.5) is 0 Å². The predicted octanol–water partition coefficient (Wildman–Crippen LogP) is 2.86. The largest absolute Gasteiger partial charge is 0.299 e. The van der Waals surface area contributed by atoms with Crippen molar-refractivity contribution in [1.82, 2.24) is 20.2 Å². The number of rotatable bonds is 4. The van der Waals surface area contributed by atoms with E-state index < -0.39 is 0 Å². The minimum Gasteiger partial charge on any atom is -0.299 e. The van der Waals surface area contributed by atoms with Crippen LogP contribution in [0.3, 0.4) is 0 Å². The Morgan fingerprint density at radius 3 is 2.80 bits per heavy atom. The van der Waals surface area contributed by atoms with E-state index in [1.54, 1.807) is 4.80 Å². The Labute approximate surface area is 125 Å². The van der Waals surface area contributed by atoms with Crippen molar-refractivity contribution in [2.24, 2.45) is 5.92 Å². The third-order valence-electron chi connectivity index (χ3n) is 3.66. The van der Waals surface area contributed by atoms with E-state index >= 15 is 0 Å². The molecule has 2 aromatic rings. The van der Waals surface area contributed by atoms with Crippen LogP contribution in [-0.4, -0.2) is 26.0 Å². The molecule has 3 rings (SSSR count). The molecule has 1 saturated carbocycles. The van der Waals surface area contributed by atoms with Gasteiger partial charge in [-0.2, -0.15) is 4.80 Å². The molecule has 1 heterocycles. The summed E-state index contributed by atoms with van der Waals surface area (Å²) in [7, 11) is 0. The van der Waals surface area contributed by atoms with Crippen molar-refractivity contribution >= 4 is 21.7 Å². The molecule has 0 radical (unpaired) electrons. The second kappa shape index (κ2) is 5.83. The van der Waals surface area contributed by atoms with Crippen molar-refractivity contribution in [3.05, 3.63) is 28.7 Å². The number of nitrogens with zero attached hydrogens (tertiary/aromatic N) is 4. The van der Waals surface area contributed by atoms with Crippen molar-refractivity contribution in [3.8, 4) is 11.4 Å². The Morgan fingerprint density at radius 1 is 1.30 bits per heavy atom. The van der Waals surface area contributed by atoms with Gasteiger partial charge in [-0.05, 0) is 48.7 Å². The van der Waals surface area contributed by atoms with Gasteiger partial charge < -0.3 is 0 Å². The van der Waals surface area contributed by atoms with Crippen LogP contribution < -0.4 is 0 Å². The van der Waals surface area contributed by atoms with Gasteiger partial charge >= 0.3 is 0 Å². The second-order valence-corrected chi connectivity index (χ2v) is 5.98. The highest BCUT2D eigenvalue weighted by Gasteiger charge is 2.24. The summed E-state index contributed by atoms with van der Waals surface area (Å²) in [5.74, 6) is 1.20. The van der Waals surface area contributed by atoms with E-state index in [4.69, 9.17) is 0 Å². The fraction of sp³-hybridized carbons (Fsp3) is 0.429. The summed E-state index contributed by atoms with van der Waals surface area (Å²) in [5, 5.41) is 12.5. The molecule has 1 aromatic carbocycles. The van der Waals surface area contributed by atoms with Crippen molar-refractivity contribution in [2.75, 3.05) is 0 Å². The van der Waals surface area contributed by atoms with Gasteiger partial charge in [0.25, 0.3) is 0 Å². The number of carbonyl (C=O) groups is 1. The zero-order chi connectivity index (χ0) is 13.9. The summed E-state index contributed by atoms with van der Waals surface area (Å²) in [5.41, 5.74) is 0.941. The highest BCUT2D eigenvalue weighted by molar-refractivity contribution is 9.10. The number of Topliss-reactive ketones (excluding diaryl/α,β-unsaturated/α-hetero) is 1. The summed E-state index contributed by atoms with van der Waals surface area (Å²) in [4.78, 5) is 13.2. The zero-order valence-corrected chi connectivity index (χ0v) is 12.6. The number of benzene rings is 1. The molecule has 5 nitrogen and oxygen atoms in total. The summed E-state index contributed by atoms with van der Waals surface area (Å²) in [6.45, 7) is 0.653. The van der Waals surface area contributed by atoms with Crippen molar-refractivity contribution in [3.63, 3.8) is 0 Å². The fourth-order valence-electron chi connectivity index (χ4n) is 2.52. The van der Waals surface area contributed by atoms with E-state index in [0.29, 0.717) is 18.2 Å². The highest BCUT2D eigenvalue weighted by Crippen LogP contribution is 2.24. The number of ketones is 1. The first-order chi connectivity index (χ1) is 9.72. The Bertz CT molecular complexity index is 608. The molecule has 1 aromatic heterocycles. The average Bonchev–Trinajstić information content (AvgIpc) is 3.06. The lowest BCUT2D eigenvalue weighted by atomic mass is 10.0. The van der Waals surface area contributed by atoms with Crippen molar-refractivity contribution in [2.45, 2.75) is 32.2 Å². The molecular formula is C14H15BrN4O. The summed E-state index contributed by atoms with van der Waals surface area (Å²) >= 11 is 3.40. The molecule has 0 amide bonds. The molecule has 1 atom stereocenters. The molecule has 1 aliphatic carbocycles. The summed E-state index contributed by atoms with van der Waals surface area (Å²) < 4.78 is 1.02. The molecule has 1 unspecified atom stereocenters. The summed E-state index contributed by atoms with van der Waals surface area (Å²) in [6, 6.07) is 7.80. The predicted molar refractivity (Wildman–Crippen MR) is 77.9 cm³/mol. The Balaban J connectivity index is 1.64. The van der Waals surface area contributed by atoms with E-state index in [1.165, 1.54) is 0 Å². The van der Waals surface area contributed by atoms with Gasteiger partial charge in [0.05, 0.1) is 6.54 Å². The van der Waals surface area contributed by atoms with Crippen LogP contribution in [0.5, 0.6) is 0 Å². The number of hydrogen-bond donors (Lipinski definition) is 0. The van der Waals surface area contributed by atoms with Crippen LogP contribution in [0.15, 0.2) is 28.7 Å². The first-order valence-electron chi connectivity index (χ1n) is 6.79. The minimum atomic E-state index is 0.192. The van der Waals surface area contributed by atoms with Gasteiger partial charge in [0, 0.05) is 22.4 Å². The molecular weight excluding hydrogens is 320 g/mol. The number of hydrogen-bond acceptors (Lipinski definition) is 4. The zero-order valence-electron chi connectivity index (χ0n) is 11.0. The lowest BCUT2D eigenvalue weighted by molar-refractivity contribution is -0.120. The Morgan fingerprint density at radius 2 is 2.10 bits per heavy atom. The summed E-state index contributed by atoms with van der Waals surface area (Å²) in [6.07, 6.45) is 3.58. The number of halogens is 1. The monoisotopic (exact) mass is 334 g/mol. The number of tetrazole rings is 1. The average molecular weight is 335 g/mol. The first kappa shape index (κ1) is 13.4. The van der Waals surface area contributed by atoms with Gasteiger partial charge in [-0.15, -0.1) is 10.2 Å². The smallest absolute Gasteiger partial charge is 0.204 e. The van der Waals surface area contributed by atoms with Crippen LogP contribution >= 0.6 is 15.9 Å². The molecule has 0 N–H and O–H groups in total. The topological polar surface area (TPSA) is 60.7 Å². The lowest BCUT2D eigenvalue weighted by Gasteiger charge is -2.05. The number of aryl methyl sites for hydroxylation is 1. The molecule has 104 valence electrons. The van der Waals surface area contributed by atoms with Gasteiger partial charge in [-0.1, -0.05) is 15.9 Å². The number of carbonyl (C=O) groups excluding carboxylic acids is 1. The highest BCUT2D eigenvalue weighted by atomic mass is 79.9. The van der Waals surface area contributed by atoms with Crippen LogP contribution in [0.25, 0.3) is 11.4 Å². The van der Waals surface area contributed by atoms with Crippen LogP contribution in [0.1, 0.15) is 25.7 Å². The molecule has 0 bridgehead atoms. The van der Waals surface area contributed by atoms with E-state index in [2.05, 4.69) is 31.3 Å². The van der Waals surface area contributed by atoms with Gasteiger partial charge in [-0.25, -0.2) is 0 Å². The SMILES string of the molecule is O=C1CCCC1CCn1nnc(-c2ccc(Br)cc2)n1. The molecule has 20 heavy (non-hydrogen) atoms. The van der Waals surface area contributed by atoms with Gasteiger partial charge in [0.2, 0.25) is 5.82 Å². The van der Waals surface area contributed by atoms with Gasteiger partial charge in [-0.3, -0.25) is 4.79 Å². The lowest BCUT2D eigenvalue weighted by Crippen LogP contribution is -2.12. The van der Waals surface area contributed by atoms with E-state index in [0.717, 1.165) is 35.7 Å². The van der Waals surface area contributed by atoms with Gasteiger partial charge in [0.1, 0.15) is 5.78 Å². The molecule has 1 aliphatic rings. The minimum absolute atomic E-state index is 0.192. The molecule has 0 saturated heterocycles. The molecule has 0 aliphatic heterocycles. The Kier molecular flexibility index (Phi) is 3.91. The van der Waals surface area contributed by atoms with Crippen molar-refractivity contribution < 1.29 is 4.79 Å². The fourth-order valence-corrected chi connectivity index (χ4v) is 2.78. The second-order valence-electron chi connectivity index (χ2n) is 5.06. The maximum Gasteiger partial charge on any atom is 0.204 e. The molecule has 1 fully saturated rings. The molecule has 6 heteroatoms. The first-order valence-corrected chi connectivity index (χ1v) is 7.58. The maximum atomic E-state index is 11.6. The van der Waals surface area contributed by atoms with E-state index in [9.17, 15) is 4.79 Å². The molecule has 0 spiro atoms. The maximum absolute atomic E-state index is 11.6. The van der Waals surface area contributed by atoms with Crippen LogP contribution in [0.2, 0.25) is 0 Å².